The van der Waals surface area contributed by atoms with Crippen molar-refractivity contribution in [1.82, 2.24) is 0 Å². The molecule has 4 nitrogen and oxygen atoms in total. The van der Waals surface area contributed by atoms with Crippen LogP contribution in [0.4, 0.5) is 4.79 Å². The lowest BCUT2D eigenvalue weighted by molar-refractivity contribution is 0.0958. The maximum Gasteiger partial charge on any atom is 0.532 e. The molecule has 0 aliphatic heterocycles. The van der Waals surface area contributed by atoms with Gasteiger partial charge in [0.05, 0.1) is 0 Å². The monoisotopic (exact) mass is 89.0 g/mol. The normalized spacial score (nSPS) is 6.67. The van der Waals surface area contributed by atoms with Gasteiger partial charge in [0.15, 0.2) is 0 Å². The van der Waals surface area contributed by atoms with Crippen LogP contribution in [-0.2, 0) is 4.84 Å². The van der Waals surface area contributed by atoms with Crippen LogP contribution in [0, 0.1) is 0 Å². The van der Waals surface area contributed by atoms with Crippen molar-refractivity contribution in [2.75, 3.05) is 0 Å². The van der Waals surface area contributed by atoms with Crippen molar-refractivity contribution in [3.8, 4) is 0 Å². The zero-order valence-corrected chi connectivity index (χ0v) is 2.92. The molecule has 0 saturated heterocycles. The lowest BCUT2D eigenvalue weighted by atomic mass is 11.4. The van der Waals surface area contributed by atoms with Gasteiger partial charge in [0, 0.05) is 6.72 Å². The molecule has 0 spiro atoms. The Morgan fingerprint density at radius 2 is 2.50 bits per heavy atom. The van der Waals surface area contributed by atoms with Crippen LogP contribution in [0.25, 0.3) is 0 Å². The van der Waals surface area contributed by atoms with Gasteiger partial charge in [-0.1, -0.05) is 5.16 Å². The first-order chi connectivity index (χ1) is 2.77. The smallest absolute Gasteiger partial charge is 0.448 e. The van der Waals surface area contributed by atoms with Gasteiger partial charge in [-0.25, -0.2) is 4.79 Å². The van der Waals surface area contributed by atoms with Crippen LogP contribution in [0.5, 0.6) is 0 Å². The molecule has 0 rings (SSSR count). The molecule has 0 aromatic carbocycles. The molecule has 0 radical (unpaired) electrons. The van der Waals surface area contributed by atoms with E-state index in [-0.39, 0.29) is 0 Å². The summed E-state index contributed by atoms with van der Waals surface area (Å²) < 4.78 is 0. The Morgan fingerprint density at radius 3 is 2.50 bits per heavy atom. The molecule has 34 valence electrons. The van der Waals surface area contributed by atoms with Gasteiger partial charge >= 0.3 is 6.16 Å². The van der Waals surface area contributed by atoms with E-state index in [1.54, 1.807) is 0 Å². The third-order valence-corrected chi connectivity index (χ3v) is 0.143. The van der Waals surface area contributed by atoms with Crippen LogP contribution >= 0.6 is 0 Å². The second-order valence-corrected chi connectivity index (χ2v) is 0.486. The Labute approximate surface area is 34.0 Å². The van der Waals surface area contributed by atoms with E-state index in [9.17, 15) is 4.79 Å². The largest absolute Gasteiger partial charge is 0.532 e. The highest BCUT2D eigenvalue weighted by Gasteiger charge is 1.86. The number of rotatable bonds is 1. The molecule has 0 aliphatic rings. The summed E-state index contributed by atoms with van der Waals surface area (Å²) in [5, 5.41) is 10.1. The number of oxime groups is 1. The van der Waals surface area contributed by atoms with Crippen molar-refractivity contribution in [2.45, 2.75) is 0 Å². The van der Waals surface area contributed by atoms with Gasteiger partial charge in [0.2, 0.25) is 0 Å². The molecule has 0 aromatic heterocycles. The van der Waals surface area contributed by atoms with Crippen molar-refractivity contribution in [1.29, 1.82) is 0 Å². The summed E-state index contributed by atoms with van der Waals surface area (Å²) >= 11 is 0. The standard InChI is InChI=1S/C2H3NO3/c1-3-6-2(4)5/h1H2,(H,4,5). The molecule has 1 N–H and O–H groups in total. The van der Waals surface area contributed by atoms with E-state index in [4.69, 9.17) is 5.11 Å². The van der Waals surface area contributed by atoms with Crippen LogP contribution < -0.4 is 0 Å². The fraction of sp³-hybridized carbons (Fsp3) is 0. The Kier molecular flexibility index (Phi) is 1.81. The van der Waals surface area contributed by atoms with E-state index < -0.39 is 6.16 Å². The molecule has 0 aromatic rings. The topological polar surface area (TPSA) is 58.9 Å². The summed E-state index contributed by atoms with van der Waals surface area (Å²) in [5.74, 6) is 0. The predicted octanol–water partition coefficient (Wildman–Crippen LogP) is 0.297. The molecule has 0 amide bonds. The maximum atomic E-state index is 9.24. The fourth-order valence-electron chi connectivity index (χ4n) is 0.0552. The minimum absolute atomic E-state index is 1.44. The summed E-state index contributed by atoms with van der Waals surface area (Å²) in [7, 11) is 0. The molecule has 0 bridgehead atoms. The fourth-order valence-corrected chi connectivity index (χ4v) is 0.0552. The van der Waals surface area contributed by atoms with Crippen molar-refractivity contribution < 1.29 is 14.7 Å². The molecular weight excluding hydrogens is 86.0 g/mol. The van der Waals surface area contributed by atoms with Crippen LogP contribution in [-0.4, -0.2) is 18.0 Å². The third kappa shape index (κ3) is 2.94. The first-order valence-electron chi connectivity index (χ1n) is 1.13. The molecule has 6 heavy (non-hydrogen) atoms. The van der Waals surface area contributed by atoms with E-state index in [2.05, 4.69) is 16.7 Å². The van der Waals surface area contributed by atoms with Crippen molar-refractivity contribution in [3.05, 3.63) is 0 Å². The molecule has 0 heterocycles. The van der Waals surface area contributed by atoms with Crippen LogP contribution in [0.2, 0.25) is 0 Å². The van der Waals surface area contributed by atoms with Crippen LogP contribution in [0.15, 0.2) is 5.16 Å². The molecular formula is C2H3NO3. The molecule has 0 saturated carbocycles. The average molecular weight is 89.0 g/mol. The first kappa shape index (κ1) is 4.94. The lowest BCUT2D eigenvalue weighted by Crippen LogP contribution is -1.90. The summed E-state index contributed by atoms with van der Waals surface area (Å²) in [5.41, 5.74) is 0. The summed E-state index contributed by atoms with van der Waals surface area (Å²) in [6.45, 7) is 2.75. The van der Waals surface area contributed by atoms with E-state index >= 15 is 0 Å². The number of hydrogen-bond donors (Lipinski definition) is 1. The highest BCUT2D eigenvalue weighted by molar-refractivity contribution is 5.56. The van der Waals surface area contributed by atoms with Gasteiger partial charge in [-0.15, -0.1) is 0 Å². The Hall–Kier alpha value is -1.06. The molecule has 0 atom stereocenters. The van der Waals surface area contributed by atoms with Crippen molar-refractivity contribution in [3.63, 3.8) is 0 Å². The second-order valence-electron chi connectivity index (χ2n) is 0.486. The van der Waals surface area contributed by atoms with Crippen molar-refractivity contribution in [2.24, 2.45) is 5.16 Å². The predicted molar refractivity (Wildman–Crippen MR) is 18.7 cm³/mol. The lowest BCUT2D eigenvalue weighted by Gasteiger charge is -1.78. The van der Waals surface area contributed by atoms with Gasteiger partial charge in [0.25, 0.3) is 0 Å². The second kappa shape index (κ2) is 2.19. The van der Waals surface area contributed by atoms with Gasteiger partial charge < -0.3 is 5.11 Å². The number of carboxylic acid groups (broad SMARTS) is 1. The van der Waals surface area contributed by atoms with Gasteiger partial charge in [-0.3, -0.25) is 4.84 Å². The zero-order chi connectivity index (χ0) is 4.99. The molecule has 0 fully saturated rings. The number of hydrogen-bond acceptors (Lipinski definition) is 3. The summed E-state index contributed by atoms with van der Waals surface area (Å²) in [6.07, 6.45) is -1.44. The summed E-state index contributed by atoms with van der Waals surface area (Å²) in [6, 6.07) is 0. The minimum Gasteiger partial charge on any atom is -0.448 e. The van der Waals surface area contributed by atoms with E-state index in [0.717, 1.165) is 0 Å². The van der Waals surface area contributed by atoms with Gasteiger partial charge in [0.1, 0.15) is 0 Å². The Bertz CT molecular complexity index is 69.2. The van der Waals surface area contributed by atoms with Crippen LogP contribution in [0.3, 0.4) is 0 Å². The quantitative estimate of drug-likeness (QED) is 0.285. The van der Waals surface area contributed by atoms with E-state index in [0.29, 0.717) is 0 Å². The van der Waals surface area contributed by atoms with Gasteiger partial charge in [-0.05, 0) is 0 Å². The highest BCUT2D eigenvalue weighted by Crippen LogP contribution is 1.69. The maximum absolute atomic E-state index is 9.24. The van der Waals surface area contributed by atoms with E-state index in [1.165, 1.54) is 0 Å². The van der Waals surface area contributed by atoms with Crippen molar-refractivity contribution >= 4 is 12.9 Å². The Balaban J connectivity index is 3.05. The number of nitrogens with zero attached hydrogens (tertiary/aromatic N) is 1. The van der Waals surface area contributed by atoms with Gasteiger partial charge in [-0.2, -0.15) is 0 Å². The zero-order valence-electron chi connectivity index (χ0n) is 2.92. The van der Waals surface area contributed by atoms with E-state index in [1.807, 2.05) is 0 Å². The van der Waals surface area contributed by atoms with Crippen LogP contribution in [0.1, 0.15) is 0 Å². The first-order valence-corrected chi connectivity index (χ1v) is 1.13. The SMILES string of the molecule is C=NOC(=O)O. The highest BCUT2D eigenvalue weighted by atomic mass is 16.7. The Morgan fingerprint density at radius 1 is 2.00 bits per heavy atom. The average Bonchev–Trinajstić information content (AvgIpc) is 1.35. The summed E-state index contributed by atoms with van der Waals surface area (Å²) in [4.78, 5) is 12.7. The molecule has 4 heteroatoms. The molecule has 0 aliphatic carbocycles. The molecule has 0 unspecified atom stereocenters. The minimum atomic E-state index is -1.44. The number of carbonyl (C=O) groups is 1. The third-order valence-electron chi connectivity index (χ3n) is 0.143.